The summed E-state index contributed by atoms with van der Waals surface area (Å²) >= 11 is 0. The van der Waals surface area contributed by atoms with Gasteiger partial charge in [-0.3, -0.25) is 24.0 Å². The highest BCUT2D eigenvalue weighted by Crippen LogP contribution is 2.67. The van der Waals surface area contributed by atoms with E-state index in [2.05, 4.69) is 6.92 Å². The van der Waals surface area contributed by atoms with Crippen molar-refractivity contribution in [2.24, 2.45) is 52.3 Å². The number of cyclic esters (lactones) is 4. The molecule has 31 heavy (non-hydrogen) atoms. The Bertz CT molecular complexity index is 923. The lowest BCUT2D eigenvalue weighted by molar-refractivity contribution is -0.155. The summed E-state index contributed by atoms with van der Waals surface area (Å²) in [5, 5.41) is 0. The molecule has 0 radical (unpaired) electrons. The number of esters is 4. The number of fused-ring (bicyclic) bond motifs is 5. The number of Topliss-reactive ketones (excluding diaryl/α,β-unsaturated/α-hetero) is 1. The summed E-state index contributed by atoms with van der Waals surface area (Å²) in [5.74, 6) is -1.97. The zero-order valence-corrected chi connectivity index (χ0v) is 17.8. The van der Waals surface area contributed by atoms with Gasteiger partial charge in [0, 0.05) is 11.8 Å². The van der Waals surface area contributed by atoms with E-state index in [4.69, 9.17) is 9.47 Å². The van der Waals surface area contributed by atoms with Crippen LogP contribution < -0.4 is 0 Å². The fourth-order valence-electron chi connectivity index (χ4n) is 8.86. The van der Waals surface area contributed by atoms with E-state index in [1.807, 2.05) is 0 Å². The zero-order chi connectivity index (χ0) is 21.7. The summed E-state index contributed by atoms with van der Waals surface area (Å²) in [6.07, 6.45) is 6.04. The van der Waals surface area contributed by atoms with Crippen LogP contribution in [0.3, 0.4) is 0 Å². The third kappa shape index (κ3) is 2.55. The van der Waals surface area contributed by atoms with Gasteiger partial charge in [0.25, 0.3) is 0 Å². The Morgan fingerprint density at radius 3 is 2.32 bits per heavy atom. The van der Waals surface area contributed by atoms with Gasteiger partial charge in [-0.25, -0.2) is 0 Å². The molecule has 0 aromatic rings. The quantitative estimate of drug-likeness (QED) is 0.467. The first-order valence-electron chi connectivity index (χ1n) is 11.8. The standard InChI is InChI=1S/C24H28O7/c1-11-4-16(14-7-18(26)30-20(14)27)23(8-11)2-3-24(17(25)10-23)9-12-5-13(24)6-15-19(12)22(29)31-21(15)28/h11-16,19H,2-10H2,1H3. The van der Waals surface area contributed by atoms with Crippen LogP contribution in [0.5, 0.6) is 0 Å². The third-order valence-corrected chi connectivity index (χ3v) is 9.98. The minimum Gasteiger partial charge on any atom is -0.393 e. The van der Waals surface area contributed by atoms with Gasteiger partial charge < -0.3 is 9.47 Å². The van der Waals surface area contributed by atoms with Gasteiger partial charge in [0.05, 0.1) is 24.2 Å². The van der Waals surface area contributed by atoms with E-state index in [1.165, 1.54) is 0 Å². The Kier molecular flexibility index (Phi) is 3.96. The predicted molar refractivity (Wildman–Crippen MR) is 104 cm³/mol. The molecule has 2 heterocycles. The second-order valence-electron chi connectivity index (χ2n) is 11.4. The van der Waals surface area contributed by atoms with Crippen LogP contribution in [-0.4, -0.2) is 29.7 Å². The molecule has 6 aliphatic rings. The Balaban J connectivity index is 1.27. The smallest absolute Gasteiger partial charge is 0.317 e. The van der Waals surface area contributed by atoms with Crippen LogP contribution in [0.25, 0.3) is 0 Å². The Labute approximate surface area is 180 Å². The molecule has 166 valence electrons. The highest BCUT2D eigenvalue weighted by molar-refractivity contribution is 5.98. The highest BCUT2D eigenvalue weighted by atomic mass is 16.6. The van der Waals surface area contributed by atoms with E-state index >= 15 is 0 Å². The number of hydrogen-bond acceptors (Lipinski definition) is 7. The number of carbonyl (C=O) groups is 5. The van der Waals surface area contributed by atoms with Crippen LogP contribution in [0.1, 0.15) is 64.7 Å². The average Bonchev–Trinajstić information content (AvgIpc) is 3.37. The molecule has 0 N–H and O–H groups in total. The molecule has 2 spiro atoms. The molecule has 2 bridgehead atoms. The lowest BCUT2D eigenvalue weighted by Crippen LogP contribution is -2.47. The van der Waals surface area contributed by atoms with Crippen LogP contribution in [0.15, 0.2) is 0 Å². The fraction of sp³-hybridized carbons (Fsp3) is 0.792. The number of ether oxygens (including phenoxy) is 2. The van der Waals surface area contributed by atoms with Crippen molar-refractivity contribution in [2.45, 2.75) is 64.7 Å². The summed E-state index contributed by atoms with van der Waals surface area (Å²) in [6.45, 7) is 2.17. The average molecular weight is 428 g/mol. The number of hydrogen-bond donors (Lipinski definition) is 0. The largest absolute Gasteiger partial charge is 0.393 e. The van der Waals surface area contributed by atoms with E-state index < -0.39 is 35.2 Å². The summed E-state index contributed by atoms with van der Waals surface area (Å²) in [4.78, 5) is 62.4. The predicted octanol–water partition coefficient (Wildman–Crippen LogP) is 2.59. The van der Waals surface area contributed by atoms with Crippen molar-refractivity contribution in [3.63, 3.8) is 0 Å². The van der Waals surface area contributed by atoms with E-state index in [-0.39, 0.29) is 47.2 Å². The van der Waals surface area contributed by atoms with Crippen LogP contribution >= 0.6 is 0 Å². The molecular weight excluding hydrogens is 400 g/mol. The van der Waals surface area contributed by atoms with E-state index in [0.717, 1.165) is 32.1 Å². The molecule has 0 aromatic carbocycles. The summed E-state index contributed by atoms with van der Waals surface area (Å²) in [6, 6.07) is 0. The second-order valence-corrected chi connectivity index (χ2v) is 11.4. The molecule has 4 aliphatic carbocycles. The van der Waals surface area contributed by atoms with Gasteiger partial charge in [-0.15, -0.1) is 0 Å². The van der Waals surface area contributed by atoms with E-state index in [1.54, 1.807) is 0 Å². The molecular formula is C24H28O7. The van der Waals surface area contributed by atoms with Crippen LogP contribution in [0.2, 0.25) is 0 Å². The third-order valence-electron chi connectivity index (χ3n) is 9.98. The van der Waals surface area contributed by atoms with Crippen LogP contribution in [-0.2, 0) is 33.4 Å². The van der Waals surface area contributed by atoms with Gasteiger partial charge in [0.1, 0.15) is 5.78 Å². The molecule has 4 saturated carbocycles. The summed E-state index contributed by atoms with van der Waals surface area (Å²) in [7, 11) is 0. The van der Waals surface area contributed by atoms with Gasteiger partial charge >= 0.3 is 23.9 Å². The molecule has 0 aromatic heterocycles. The first-order valence-corrected chi connectivity index (χ1v) is 11.8. The van der Waals surface area contributed by atoms with Crippen molar-refractivity contribution < 1.29 is 33.4 Å². The fourth-order valence-corrected chi connectivity index (χ4v) is 8.86. The van der Waals surface area contributed by atoms with Crippen molar-refractivity contribution in [1.82, 2.24) is 0 Å². The van der Waals surface area contributed by atoms with E-state index in [0.29, 0.717) is 25.2 Å². The maximum Gasteiger partial charge on any atom is 0.317 e. The maximum atomic E-state index is 13.8. The molecule has 2 saturated heterocycles. The van der Waals surface area contributed by atoms with Crippen molar-refractivity contribution in [3.05, 3.63) is 0 Å². The maximum absolute atomic E-state index is 13.8. The van der Waals surface area contributed by atoms with Crippen LogP contribution in [0.4, 0.5) is 0 Å². The monoisotopic (exact) mass is 428 g/mol. The van der Waals surface area contributed by atoms with Crippen molar-refractivity contribution in [1.29, 1.82) is 0 Å². The molecule has 9 unspecified atom stereocenters. The first kappa shape index (κ1) is 19.6. The van der Waals surface area contributed by atoms with Gasteiger partial charge in [0.15, 0.2) is 0 Å². The van der Waals surface area contributed by atoms with Crippen molar-refractivity contribution in [3.8, 4) is 0 Å². The Morgan fingerprint density at radius 1 is 0.839 bits per heavy atom. The number of carbonyl (C=O) groups excluding carboxylic acids is 5. The van der Waals surface area contributed by atoms with Gasteiger partial charge in [0.2, 0.25) is 0 Å². The lowest BCUT2D eigenvalue weighted by Gasteiger charge is -2.48. The summed E-state index contributed by atoms with van der Waals surface area (Å²) < 4.78 is 9.76. The van der Waals surface area contributed by atoms with Crippen LogP contribution in [0, 0.1) is 52.3 Å². The van der Waals surface area contributed by atoms with Gasteiger partial charge in [-0.2, -0.15) is 0 Å². The zero-order valence-electron chi connectivity index (χ0n) is 17.8. The molecule has 2 aliphatic heterocycles. The second kappa shape index (κ2) is 6.26. The van der Waals surface area contributed by atoms with Crippen molar-refractivity contribution in [2.75, 3.05) is 0 Å². The lowest BCUT2D eigenvalue weighted by atomic mass is 9.54. The molecule has 6 fully saturated rings. The Hall–Kier alpha value is -2.05. The summed E-state index contributed by atoms with van der Waals surface area (Å²) in [5.41, 5.74) is -0.680. The first-order chi connectivity index (χ1) is 14.7. The molecule has 6 rings (SSSR count). The Morgan fingerprint density at radius 2 is 1.61 bits per heavy atom. The van der Waals surface area contributed by atoms with Gasteiger partial charge in [-0.1, -0.05) is 6.92 Å². The molecule has 7 heteroatoms. The normalized spacial score (nSPS) is 51.0. The molecule has 9 atom stereocenters. The molecule has 0 amide bonds. The number of ketones is 1. The minimum atomic E-state index is -0.448. The van der Waals surface area contributed by atoms with E-state index in [9.17, 15) is 24.0 Å². The minimum absolute atomic E-state index is 0.0134. The highest BCUT2D eigenvalue weighted by Gasteiger charge is 2.66. The SMILES string of the molecule is CC1CC(C2CC(=O)OC2=O)C2(CCC3(CC4CC3CC3C(=O)OC(=O)C43)C(=O)C2)C1. The number of rotatable bonds is 1. The van der Waals surface area contributed by atoms with Gasteiger partial charge in [-0.05, 0) is 74.0 Å². The van der Waals surface area contributed by atoms with Crippen molar-refractivity contribution >= 4 is 29.7 Å². The topological polar surface area (TPSA) is 104 Å². The molecule has 7 nitrogen and oxygen atoms in total.